The van der Waals surface area contributed by atoms with Gasteiger partial charge in [-0.1, -0.05) is 31.5 Å². The maximum atomic E-state index is 5.98. The van der Waals surface area contributed by atoms with Gasteiger partial charge in [0.15, 0.2) is 0 Å². The molecular formula is C11H15BrClN. The van der Waals surface area contributed by atoms with E-state index in [0.29, 0.717) is 5.92 Å². The van der Waals surface area contributed by atoms with Crippen LogP contribution in [0.25, 0.3) is 0 Å². The average molecular weight is 277 g/mol. The molecule has 0 fully saturated rings. The average Bonchev–Trinajstić information content (AvgIpc) is 2.10. The van der Waals surface area contributed by atoms with E-state index in [-0.39, 0.29) is 0 Å². The predicted molar refractivity (Wildman–Crippen MR) is 65.7 cm³/mol. The zero-order chi connectivity index (χ0) is 10.6. The molecule has 1 aromatic carbocycles. The third kappa shape index (κ3) is 3.99. The summed E-state index contributed by atoms with van der Waals surface area (Å²) >= 11 is 9.35. The number of benzene rings is 1. The Morgan fingerprint density at radius 3 is 2.71 bits per heavy atom. The van der Waals surface area contributed by atoms with Gasteiger partial charge in [0.25, 0.3) is 0 Å². The first-order chi connectivity index (χ1) is 6.59. The molecule has 1 nitrogen and oxygen atoms in total. The zero-order valence-electron chi connectivity index (χ0n) is 8.48. The van der Waals surface area contributed by atoms with Crippen LogP contribution in [0, 0.1) is 5.92 Å². The zero-order valence-corrected chi connectivity index (χ0v) is 10.8. The Morgan fingerprint density at radius 1 is 1.43 bits per heavy atom. The first kappa shape index (κ1) is 12.0. The summed E-state index contributed by atoms with van der Waals surface area (Å²) in [4.78, 5) is 0. The molecule has 0 aliphatic heterocycles. The summed E-state index contributed by atoms with van der Waals surface area (Å²) in [6, 6.07) is 6.04. The largest absolute Gasteiger partial charge is 0.312 e. The monoisotopic (exact) mass is 275 g/mol. The standard InChI is InChI=1S/C11H15BrClN/c1-8(2)6-14-7-9-3-4-10(12)11(13)5-9/h3-5,8,14H,6-7H2,1-2H3. The van der Waals surface area contributed by atoms with Crippen LogP contribution in [-0.4, -0.2) is 6.54 Å². The van der Waals surface area contributed by atoms with Crippen molar-refractivity contribution in [2.75, 3.05) is 6.54 Å². The third-order valence-electron chi connectivity index (χ3n) is 1.87. The van der Waals surface area contributed by atoms with Crippen molar-refractivity contribution < 1.29 is 0 Å². The summed E-state index contributed by atoms with van der Waals surface area (Å²) < 4.78 is 0.951. The van der Waals surface area contributed by atoms with Crippen molar-refractivity contribution in [2.24, 2.45) is 5.92 Å². The molecule has 0 saturated carbocycles. The van der Waals surface area contributed by atoms with Crippen LogP contribution in [0.15, 0.2) is 22.7 Å². The van der Waals surface area contributed by atoms with Gasteiger partial charge in [-0.25, -0.2) is 0 Å². The Morgan fingerprint density at radius 2 is 2.14 bits per heavy atom. The molecule has 0 aliphatic carbocycles. The molecule has 3 heteroatoms. The van der Waals surface area contributed by atoms with Gasteiger partial charge in [0, 0.05) is 11.0 Å². The van der Waals surface area contributed by atoms with Crippen molar-refractivity contribution in [2.45, 2.75) is 20.4 Å². The Kier molecular flexibility index (Phi) is 4.93. The van der Waals surface area contributed by atoms with Crippen LogP contribution < -0.4 is 5.32 Å². The highest BCUT2D eigenvalue weighted by atomic mass is 79.9. The van der Waals surface area contributed by atoms with Crippen molar-refractivity contribution >= 4 is 27.5 Å². The predicted octanol–water partition coefficient (Wildman–Crippen LogP) is 3.85. The SMILES string of the molecule is CC(C)CNCc1ccc(Br)c(Cl)c1. The van der Waals surface area contributed by atoms with Crippen molar-refractivity contribution in [3.8, 4) is 0 Å². The molecule has 78 valence electrons. The van der Waals surface area contributed by atoms with Gasteiger partial charge in [-0.2, -0.15) is 0 Å². The lowest BCUT2D eigenvalue weighted by Gasteiger charge is -2.07. The molecule has 0 aliphatic rings. The fourth-order valence-corrected chi connectivity index (χ4v) is 1.60. The third-order valence-corrected chi connectivity index (χ3v) is 3.10. The van der Waals surface area contributed by atoms with Crippen LogP contribution in [-0.2, 0) is 6.54 Å². The number of rotatable bonds is 4. The van der Waals surface area contributed by atoms with E-state index in [2.05, 4.69) is 41.2 Å². The minimum absolute atomic E-state index is 0.681. The number of nitrogens with one attached hydrogen (secondary N) is 1. The van der Waals surface area contributed by atoms with Gasteiger partial charge in [-0.3, -0.25) is 0 Å². The van der Waals surface area contributed by atoms with Crippen LogP contribution in [0.5, 0.6) is 0 Å². The second-order valence-electron chi connectivity index (χ2n) is 3.77. The lowest BCUT2D eigenvalue weighted by Crippen LogP contribution is -2.18. The lowest BCUT2D eigenvalue weighted by molar-refractivity contribution is 0.552. The smallest absolute Gasteiger partial charge is 0.0551 e. The minimum Gasteiger partial charge on any atom is -0.312 e. The van der Waals surface area contributed by atoms with Gasteiger partial charge in [-0.15, -0.1) is 0 Å². The maximum Gasteiger partial charge on any atom is 0.0551 e. The van der Waals surface area contributed by atoms with Gasteiger partial charge >= 0.3 is 0 Å². The first-order valence-corrected chi connectivity index (χ1v) is 5.91. The normalized spacial score (nSPS) is 10.9. The van der Waals surface area contributed by atoms with Gasteiger partial charge in [-0.05, 0) is 46.1 Å². The molecule has 0 amide bonds. The summed E-state index contributed by atoms with van der Waals surface area (Å²) in [6.07, 6.45) is 0. The van der Waals surface area contributed by atoms with E-state index in [1.165, 1.54) is 5.56 Å². The maximum absolute atomic E-state index is 5.98. The molecule has 0 aromatic heterocycles. The molecule has 0 spiro atoms. The molecular weight excluding hydrogens is 261 g/mol. The molecule has 0 saturated heterocycles. The molecule has 0 unspecified atom stereocenters. The van der Waals surface area contributed by atoms with Crippen LogP contribution in [0.4, 0.5) is 0 Å². The fraction of sp³-hybridized carbons (Fsp3) is 0.455. The van der Waals surface area contributed by atoms with E-state index < -0.39 is 0 Å². The summed E-state index contributed by atoms with van der Waals surface area (Å²) in [7, 11) is 0. The molecule has 0 heterocycles. The quantitative estimate of drug-likeness (QED) is 0.881. The Labute approximate surface area is 99.0 Å². The number of hydrogen-bond donors (Lipinski definition) is 1. The molecule has 1 N–H and O–H groups in total. The highest BCUT2D eigenvalue weighted by molar-refractivity contribution is 9.10. The molecule has 14 heavy (non-hydrogen) atoms. The second-order valence-corrected chi connectivity index (χ2v) is 5.03. The van der Waals surface area contributed by atoms with E-state index in [9.17, 15) is 0 Å². The summed E-state index contributed by atoms with van der Waals surface area (Å²) in [5.74, 6) is 0.681. The fourth-order valence-electron chi connectivity index (χ4n) is 1.15. The molecule has 0 radical (unpaired) electrons. The van der Waals surface area contributed by atoms with Crippen molar-refractivity contribution in [3.63, 3.8) is 0 Å². The number of hydrogen-bond acceptors (Lipinski definition) is 1. The lowest BCUT2D eigenvalue weighted by atomic mass is 10.2. The molecule has 0 atom stereocenters. The minimum atomic E-state index is 0.681. The highest BCUT2D eigenvalue weighted by Crippen LogP contribution is 2.22. The summed E-state index contributed by atoms with van der Waals surface area (Å²) in [6.45, 7) is 6.31. The molecule has 1 rings (SSSR count). The Hall–Kier alpha value is -0.0500. The van der Waals surface area contributed by atoms with E-state index >= 15 is 0 Å². The van der Waals surface area contributed by atoms with Crippen molar-refractivity contribution in [1.82, 2.24) is 5.32 Å². The Bertz CT molecular complexity index is 299. The van der Waals surface area contributed by atoms with Crippen LogP contribution in [0.2, 0.25) is 5.02 Å². The van der Waals surface area contributed by atoms with Crippen molar-refractivity contribution in [1.29, 1.82) is 0 Å². The van der Waals surface area contributed by atoms with Crippen LogP contribution in [0.1, 0.15) is 19.4 Å². The number of halogens is 2. The van der Waals surface area contributed by atoms with Gasteiger partial charge in [0.2, 0.25) is 0 Å². The topological polar surface area (TPSA) is 12.0 Å². The van der Waals surface area contributed by atoms with E-state index in [1.54, 1.807) is 0 Å². The van der Waals surface area contributed by atoms with Crippen LogP contribution in [0.3, 0.4) is 0 Å². The summed E-state index contributed by atoms with van der Waals surface area (Å²) in [5, 5.41) is 4.15. The molecule has 1 aromatic rings. The first-order valence-electron chi connectivity index (χ1n) is 4.74. The van der Waals surface area contributed by atoms with Gasteiger partial charge < -0.3 is 5.32 Å². The highest BCUT2D eigenvalue weighted by Gasteiger charge is 1.99. The Balaban J connectivity index is 2.47. The van der Waals surface area contributed by atoms with Gasteiger partial charge in [0.1, 0.15) is 0 Å². The summed E-state index contributed by atoms with van der Waals surface area (Å²) in [5.41, 5.74) is 1.22. The van der Waals surface area contributed by atoms with Crippen molar-refractivity contribution in [3.05, 3.63) is 33.3 Å². The van der Waals surface area contributed by atoms with E-state index in [1.807, 2.05) is 12.1 Å². The second kappa shape index (κ2) is 5.74. The van der Waals surface area contributed by atoms with E-state index in [4.69, 9.17) is 11.6 Å². The van der Waals surface area contributed by atoms with Crippen LogP contribution >= 0.6 is 27.5 Å². The molecule has 0 bridgehead atoms. The van der Waals surface area contributed by atoms with Gasteiger partial charge in [0.05, 0.1) is 5.02 Å². The van der Waals surface area contributed by atoms with E-state index in [0.717, 1.165) is 22.6 Å².